The molecule has 0 unspecified atom stereocenters. The van der Waals surface area contributed by atoms with Gasteiger partial charge in [0.2, 0.25) is 5.89 Å². The molecule has 112 valence electrons. The van der Waals surface area contributed by atoms with Gasteiger partial charge >= 0.3 is 0 Å². The number of benzene rings is 1. The first kappa shape index (κ1) is 14.2. The number of hydrogen-bond acceptors (Lipinski definition) is 5. The molecule has 5 nitrogen and oxygen atoms in total. The molecule has 1 saturated heterocycles. The number of aliphatic hydroxyl groups is 1. The number of rotatable bonds is 4. The average molecular weight is 291 g/mol. The van der Waals surface area contributed by atoms with E-state index < -0.39 is 6.10 Å². The van der Waals surface area contributed by atoms with E-state index in [0.717, 1.165) is 5.56 Å². The monoisotopic (exact) mass is 291 g/mol. The van der Waals surface area contributed by atoms with E-state index in [9.17, 15) is 9.50 Å². The summed E-state index contributed by atoms with van der Waals surface area (Å²) in [6, 6.07) is 6.46. The molecule has 1 fully saturated rings. The highest BCUT2D eigenvalue weighted by Gasteiger charge is 2.32. The first-order chi connectivity index (χ1) is 10.2. The Kier molecular flexibility index (Phi) is 3.98. The van der Waals surface area contributed by atoms with Crippen molar-refractivity contribution in [3.8, 4) is 0 Å². The van der Waals surface area contributed by atoms with Crippen molar-refractivity contribution in [3.05, 3.63) is 47.4 Å². The lowest BCUT2D eigenvalue weighted by Gasteiger charge is -2.22. The van der Waals surface area contributed by atoms with E-state index in [1.54, 1.807) is 12.1 Å². The van der Waals surface area contributed by atoms with Crippen LogP contribution >= 0.6 is 0 Å². The third-order valence-corrected chi connectivity index (χ3v) is 3.79. The van der Waals surface area contributed by atoms with E-state index in [2.05, 4.69) is 15.0 Å². The van der Waals surface area contributed by atoms with Crippen LogP contribution in [0.2, 0.25) is 0 Å². The normalized spacial score (nSPS) is 22.8. The third-order valence-electron chi connectivity index (χ3n) is 3.79. The van der Waals surface area contributed by atoms with Crippen molar-refractivity contribution in [2.45, 2.75) is 38.5 Å². The second-order valence-electron chi connectivity index (χ2n) is 5.34. The molecular formula is C15H18FN3O2. The maximum Gasteiger partial charge on any atom is 0.226 e. The van der Waals surface area contributed by atoms with Gasteiger partial charge in [-0.15, -0.1) is 0 Å². The Bertz CT molecular complexity index is 599. The largest absolute Gasteiger partial charge is 0.392 e. The average Bonchev–Trinajstić information content (AvgIpc) is 3.07. The summed E-state index contributed by atoms with van der Waals surface area (Å²) in [7, 11) is 0. The van der Waals surface area contributed by atoms with Gasteiger partial charge in [0.1, 0.15) is 5.82 Å². The summed E-state index contributed by atoms with van der Waals surface area (Å²) in [6.45, 7) is 3.03. The predicted molar refractivity (Wildman–Crippen MR) is 73.9 cm³/mol. The van der Waals surface area contributed by atoms with Crippen LogP contribution in [0.1, 0.15) is 36.7 Å². The maximum absolute atomic E-state index is 13.0. The number of aliphatic hydroxyl groups excluding tert-OH is 1. The molecule has 0 bridgehead atoms. The van der Waals surface area contributed by atoms with Gasteiger partial charge in [0.25, 0.3) is 0 Å². The van der Waals surface area contributed by atoms with Gasteiger partial charge in [-0.05, 0) is 24.1 Å². The highest BCUT2D eigenvalue weighted by atomic mass is 19.1. The van der Waals surface area contributed by atoms with Crippen LogP contribution in [0, 0.1) is 5.82 Å². The SMILES string of the molecule is CCc1nc(CN2C[C@@H](O)C[C@H]2c2ccc(F)cc2)no1. The minimum atomic E-state index is -0.391. The quantitative estimate of drug-likeness (QED) is 0.934. The van der Waals surface area contributed by atoms with E-state index >= 15 is 0 Å². The summed E-state index contributed by atoms with van der Waals surface area (Å²) in [5.41, 5.74) is 0.993. The van der Waals surface area contributed by atoms with Gasteiger partial charge in [-0.2, -0.15) is 4.98 Å². The molecule has 21 heavy (non-hydrogen) atoms. The number of likely N-dealkylation sites (tertiary alicyclic amines) is 1. The number of hydrogen-bond donors (Lipinski definition) is 1. The number of halogens is 1. The van der Waals surface area contributed by atoms with Gasteiger partial charge in [-0.25, -0.2) is 4.39 Å². The summed E-state index contributed by atoms with van der Waals surface area (Å²) >= 11 is 0. The molecule has 1 aromatic carbocycles. The lowest BCUT2D eigenvalue weighted by atomic mass is 10.0. The van der Waals surface area contributed by atoms with Gasteiger partial charge in [-0.1, -0.05) is 24.2 Å². The van der Waals surface area contributed by atoms with Crippen LogP contribution in [-0.2, 0) is 13.0 Å². The molecule has 1 aliphatic rings. The topological polar surface area (TPSA) is 62.4 Å². The molecule has 0 amide bonds. The van der Waals surface area contributed by atoms with Crippen molar-refractivity contribution >= 4 is 0 Å². The fraction of sp³-hybridized carbons (Fsp3) is 0.467. The molecule has 2 atom stereocenters. The van der Waals surface area contributed by atoms with Gasteiger partial charge in [0, 0.05) is 19.0 Å². The standard InChI is InChI=1S/C15H18FN3O2/c1-2-15-17-14(18-21-15)9-19-8-12(20)7-13(19)10-3-5-11(16)6-4-10/h3-6,12-13,20H,2,7-9H2,1H3/t12-,13-/m0/s1. The number of β-amino-alcohol motifs (C(OH)–C–C–N with tert-alkyl or cyclic N) is 1. The first-order valence-electron chi connectivity index (χ1n) is 7.14. The van der Waals surface area contributed by atoms with Crippen LogP contribution in [0.25, 0.3) is 0 Å². The van der Waals surface area contributed by atoms with Crippen LogP contribution in [0.5, 0.6) is 0 Å². The smallest absolute Gasteiger partial charge is 0.226 e. The Morgan fingerprint density at radius 3 is 2.81 bits per heavy atom. The van der Waals surface area contributed by atoms with Crippen LogP contribution in [-0.4, -0.2) is 32.8 Å². The van der Waals surface area contributed by atoms with Gasteiger partial charge in [0.05, 0.1) is 12.6 Å². The first-order valence-corrected chi connectivity index (χ1v) is 7.14. The van der Waals surface area contributed by atoms with Crippen LogP contribution < -0.4 is 0 Å². The summed E-state index contributed by atoms with van der Waals surface area (Å²) in [6.07, 6.45) is 0.943. The van der Waals surface area contributed by atoms with Crippen molar-refractivity contribution < 1.29 is 14.0 Å². The summed E-state index contributed by atoms with van der Waals surface area (Å²) in [5, 5.41) is 13.9. The van der Waals surface area contributed by atoms with Crippen molar-refractivity contribution in [1.29, 1.82) is 0 Å². The zero-order valence-electron chi connectivity index (χ0n) is 11.9. The lowest BCUT2D eigenvalue weighted by Crippen LogP contribution is -2.25. The van der Waals surface area contributed by atoms with E-state index in [4.69, 9.17) is 4.52 Å². The fourth-order valence-electron chi connectivity index (χ4n) is 2.77. The van der Waals surface area contributed by atoms with E-state index in [0.29, 0.717) is 37.6 Å². The highest BCUT2D eigenvalue weighted by Crippen LogP contribution is 2.33. The highest BCUT2D eigenvalue weighted by molar-refractivity contribution is 5.21. The Hall–Kier alpha value is -1.79. The molecule has 2 heterocycles. The second kappa shape index (κ2) is 5.91. The molecule has 1 N–H and O–H groups in total. The molecule has 3 rings (SSSR count). The zero-order chi connectivity index (χ0) is 14.8. The Morgan fingerprint density at radius 2 is 2.14 bits per heavy atom. The molecule has 2 aromatic rings. The molecule has 1 aliphatic heterocycles. The Balaban J connectivity index is 1.77. The van der Waals surface area contributed by atoms with E-state index in [1.807, 2.05) is 6.92 Å². The van der Waals surface area contributed by atoms with Gasteiger partial charge < -0.3 is 9.63 Å². The van der Waals surface area contributed by atoms with Crippen molar-refractivity contribution in [3.63, 3.8) is 0 Å². The van der Waals surface area contributed by atoms with Crippen LogP contribution in [0.4, 0.5) is 4.39 Å². The van der Waals surface area contributed by atoms with Gasteiger partial charge in [0.15, 0.2) is 5.82 Å². The molecular weight excluding hydrogens is 273 g/mol. The molecule has 0 spiro atoms. The Morgan fingerprint density at radius 1 is 1.38 bits per heavy atom. The minimum Gasteiger partial charge on any atom is -0.392 e. The zero-order valence-corrected chi connectivity index (χ0v) is 11.9. The third kappa shape index (κ3) is 3.11. The van der Waals surface area contributed by atoms with Crippen LogP contribution in [0.3, 0.4) is 0 Å². The second-order valence-corrected chi connectivity index (χ2v) is 5.34. The molecule has 1 aromatic heterocycles. The summed E-state index contributed by atoms with van der Waals surface area (Å²) < 4.78 is 18.1. The van der Waals surface area contributed by atoms with Crippen LogP contribution in [0.15, 0.2) is 28.8 Å². The summed E-state index contributed by atoms with van der Waals surface area (Å²) in [5.74, 6) is 0.978. The lowest BCUT2D eigenvalue weighted by molar-refractivity contribution is 0.170. The predicted octanol–water partition coefficient (Wildman–Crippen LogP) is 2.08. The molecule has 0 saturated carbocycles. The number of aryl methyl sites for hydroxylation is 1. The number of aromatic nitrogens is 2. The van der Waals surface area contributed by atoms with Crippen molar-refractivity contribution in [1.82, 2.24) is 15.0 Å². The molecule has 0 radical (unpaired) electrons. The molecule has 0 aliphatic carbocycles. The van der Waals surface area contributed by atoms with Crippen molar-refractivity contribution in [2.75, 3.05) is 6.54 Å². The molecule has 6 heteroatoms. The van der Waals surface area contributed by atoms with Gasteiger partial charge in [-0.3, -0.25) is 4.90 Å². The maximum atomic E-state index is 13.0. The fourth-order valence-corrected chi connectivity index (χ4v) is 2.77. The van der Waals surface area contributed by atoms with E-state index in [-0.39, 0.29) is 11.9 Å². The minimum absolute atomic E-state index is 0.0455. The number of nitrogens with zero attached hydrogens (tertiary/aromatic N) is 3. The Labute approximate surface area is 122 Å². The van der Waals surface area contributed by atoms with Crippen molar-refractivity contribution in [2.24, 2.45) is 0 Å². The van der Waals surface area contributed by atoms with E-state index in [1.165, 1.54) is 12.1 Å². The summed E-state index contributed by atoms with van der Waals surface area (Å²) in [4.78, 5) is 6.40.